The first-order valence-electron chi connectivity index (χ1n) is 8.10. The van der Waals surface area contributed by atoms with Gasteiger partial charge in [0, 0.05) is 19.1 Å². The Kier molecular flexibility index (Phi) is 6.57. The van der Waals surface area contributed by atoms with E-state index in [1.54, 1.807) is 0 Å². The van der Waals surface area contributed by atoms with Gasteiger partial charge in [-0.15, -0.1) is 5.10 Å². The van der Waals surface area contributed by atoms with Gasteiger partial charge in [0.15, 0.2) is 0 Å². The standard InChI is InChI=1S/C15H26N4OS/c1-3-5-10-19(11-12-8-6-9-16-12)15(20)14-13(7-4-2)17-18-21-14/h12,16H,3-11H2,1-2H3. The van der Waals surface area contributed by atoms with E-state index in [9.17, 15) is 4.79 Å². The number of carbonyl (C=O) groups excluding carboxylic acids is 1. The van der Waals surface area contributed by atoms with Crippen LogP contribution in [0.2, 0.25) is 0 Å². The van der Waals surface area contributed by atoms with Crippen molar-refractivity contribution in [3.63, 3.8) is 0 Å². The molecule has 1 aromatic rings. The molecule has 0 bridgehead atoms. The first-order chi connectivity index (χ1) is 10.3. The lowest BCUT2D eigenvalue weighted by Gasteiger charge is -2.25. The third-order valence-electron chi connectivity index (χ3n) is 3.91. The van der Waals surface area contributed by atoms with Crippen LogP contribution in [0.1, 0.15) is 61.3 Å². The van der Waals surface area contributed by atoms with Crippen molar-refractivity contribution in [3.05, 3.63) is 10.6 Å². The van der Waals surface area contributed by atoms with Gasteiger partial charge >= 0.3 is 0 Å². The molecule has 1 N–H and O–H groups in total. The molecular formula is C15H26N4OS. The van der Waals surface area contributed by atoms with Crippen LogP contribution in [0.3, 0.4) is 0 Å². The number of amides is 1. The molecule has 1 aromatic heterocycles. The zero-order valence-corrected chi connectivity index (χ0v) is 13.9. The Morgan fingerprint density at radius 2 is 2.29 bits per heavy atom. The molecule has 2 heterocycles. The van der Waals surface area contributed by atoms with Gasteiger partial charge in [0.05, 0.1) is 5.69 Å². The van der Waals surface area contributed by atoms with Gasteiger partial charge in [-0.1, -0.05) is 31.2 Å². The summed E-state index contributed by atoms with van der Waals surface area (Å²) in [5.41, 5.74) is 0.869. The van der Waals surface area contributed by atoms with Crippen LogP contribution >= 0.6 is 11.5 Å². The molecule has 1 saturated heterocycles. The molecular weight excluding hydrogens is 284 g/mol. The molecule has 0 spiro atoms. The van der Waals surface area contributed by atoms with Crippen LogP contribution in [0.15, 0.2) is 0 Å². The second-order valence-electron chi connectivity index (χ2n) is 5.70. The van der Waals surface area contributed by atoms with Crippen molar-refractivity contribution in [2.75, 3.05) is 19.6 Å². The molecule has 1 atom stereocenters. The average molecular weight is 310 g/mol. The van der Waals surface area contributed by atoms with E-state index in [2.05, 4.69) is 28.8 Å². The normalized spacial score (nSPS) is 18.1. The van der Waals surface area contributed by atoms with Crippen molar-refractivity contribution >= 4 is 17.4 Å². The maximum atomic E-state index is 12.8. The molecule has 1 aliphatic heterocycles. The van der Waals surface area contributed by atoms with Crippen LogP contribution in [0.25, 0.3) is 0 Å². The molecule has 5 nitrogen and oxygen atoms in total. The Morgan fingerprint density at radius 3 is 2.95 bits per heavy atom. The van der Waals surface area contributed by atoms with Gasteiger partial charge in [-0.05, 0) is 43.8 Å². The number of nitrogens with zero attached hydrogens (tertiary/aromatic N) is 3. The number of aromatic nitrogens is 2. The minimum Gasteiger partial charge on any atom is -0.336 e. The van der Waals surface area contributed by atoms with Crippen molar-refractivity contribution in [3.8, 4) is 0 Å². The first-order valence-corrected chi connectivity index (χ1v) is 8.87. The third kappa shape index (κ3) is 4.48. The summed E-state index contributed by atoms with van der Waals surface area (Å²) < 4.78 is 3.98. The molecule has 1 amide bonds. The Morgan fingerprint density at radius 1 is 1.43 bits per heavy atom. The highest BCUT2D eigenvalue weighted by Gasteiger charge is 2.25. The van der Waals surface area contributed by atoms with Gasteiger partial charge in [0.1, 0.15) is 4.88 Å². The molecule has 0 aliphatic carbocycles. The smallest absolute Gasteiger partial charge is 0.267 e. The largest absolute Gasteiger partial charge is 0.336 e. The van der Waals surface area contributed by atoms with E-state index in [1.807, 2.05) is 4.90 Å². The van der Waals surface area contributed by atoms with E-state index in [-0.39, 0.29) is 5.91 Å². The molecule has 0 aromatic carbocycles. The molecule has 0 radical (unpaired) electrons. The van der Waals surface area contributed by atoms with E-state index in [0.29, 0.717) is 6.04 Å². The topological polar surface area (TPSA) is 58.1 Å². The summed E-state index contributed by atoms with van der Waals surface area (Å²) in [6.45, 7) is 6.97. The molecule has 21 heavy (non-hydrogen) atoms. The summed E-state index contributed by atoms with van der Waals surface area (Å²) in [5, 5.41) is 7.61. The van der Waals surface area contributed by atoms with Crippen LogP contribution in [0, 0.1) is 0 Å². The van der Waals surface area contributed by atoms with Gasteiger partial charge < -0.3 is 10.2 Å². The second-order valence-corrected chi connectivity index (χ2v) is 6.45. The predicted molar refractivity (Wildman–Crippen MR) is 85.7 cm³/mol. The highest BCUT2D eigenvalue weighted by Crippen LogP contribution is 2.17. The van der Waals surface area contributed by atoms with Crippen molar-refractivity contribution in [2.45, 2.75) is 58.4 Å². The molecule has 1 aliphatic rings. The van der Waals surface area contributed by atoms with Crippen molar-refractivity contribution in [1.82, 2.24) is 19.8 Å². The summed E-state index contributed by atoms with van der Waals surface area (Å²) in [7, 11) is 0. The van der Waals surface area contributed by atoms with Crippen LogP contribution < -0.4 is 5.32 Å². The Bertz CT molecular complexity index is 443. The Hall–Kier alpha value is -1.01. The predicted octanol–water partition coefficient (Wildman–Crippen LogP) is 2.48. The minimum atomic E-state index is 0.121. The number of hydrogen-bond donors (Lipinski definition) is 1. The monoisotopic (exact) mass is 310 g/mol. The maximum absolute atomic E-state index is 12.8. The number of hydrogen-bond acceptors (Lipinski definition) is 5. The van der Waals surface area contributed by atoms with Gasteiger partial charge in [-0.2, -0.15) is 0 Å². The fourth-order valence-electron chi connectivity index (χ4n) is 2.72. The Balaban J connectivity index is 2.06. The van der Waals surface area contributed by atoms with Crippen LogP contribution in [0.5, 0.6) is 0 Å². The lowest BCUT2D eigenvalue weighted by Crippen LogP contribution is -2.41. The lowest BCUT2D eigenvalue weighted by atomic mass is 10.1. The molecule has 1 unspecified atom stereocenters. The minimum absolute atomic E-state index is 0.121. The number of unbranched alkanes of at least 4 members (excludes halogenated alkanes) is 1. The van der Waals surface area contributed by atoms with E-state index in [0.717, 1.165) is 55.9 Å². The van der Waals surface area contributed by atoms with Crippen LogP contribution in [-0.2, 0) is 6.42 Å². The summed E-state index contributed by atoms with van der Waals surface area (Å²) in [6.07, 6.45) is 6.35. The van der Waals surface area contributed by atoms with Crippen LogP contribution in [0.4, 0.5) is 0 Å². The molecule has 6 heteroatoms. The molecule has 0 saturated carbocycles. The summed E-state index contributed by atoms with van der Waals surface area (Å²) >= 11 is 1.24. The zero-order chi connectivity index (χ0) is 15.1. The van der Waals surface area contributed by atoms with E-state index in [1.165, 1.54) is 24.4 Å². The van der Waals surface area contributed by atoms with E-state index < -0.39 is 0 Å². The summed E-state index contributed by atoms with van der Waals surface area (Å²) in [4.78, 5) is 15.6. The number of carbonyl (C=O) groups is 1. The highest BCUT2D eigenvalue weighted by atomic mass is 32.1. The van der Waals surface area contributed by atoms with Gasteiger partial charge in [0.25, 0.3) is 5.91 Å². The van der Waals surface area contributed by atoms with Crippen molar-refractivity contribution in [2.24, 2.45) is 0 Å². The highest BCUT2D eigenvalue weighted by molar-refractivity contribution is 7.08. The van der Waals surface area contributed by atoms with E-state index in [4.69, 9.17) is 0 Å². The zero-order valence-electron chi connectivity index (χ0n) is 13.1. The SMILES string of the molecule is CCCCN(CC1CCCN1)C(=O)c1snnc1CCC. The van der Waals surface area contributed by atoms with Crippen LogP contribution in [-0.4, -0.2) is 46.1 Å². The number of nitrogens with one attached hydrogen (secondary N) is 1. The number of rotatable bonds is 8. The Labute approximate surface area is 131 Å². The van der Waals surface area contributed by atoms with Gasteiger partial charge in [-0.3, -0.25) is 4.79 Å². The fourth-order valence-corrected chi connectivity index (χ4v) is 3.39. The molecule has 2 rings (SSSR count). The fraction of sp³-hybridized carbons (Fsp3) is 0.800. The third-order valence-corrected chi connectivity index (χ3v) is 4.66. The first kappa shape index (κ1) is 16.4. The molecule has 118 valence electrons. The maximum Gasteiger partial charge on any atom is 0.267 e. The average Bonchev–Trinajstić information content (AvgIpc) is 3.14. The van der Waals surface area contributed by atoms with Crippen molar-refractivity contribution in [1.29, 1.82) is 0 Å². The lowest BCUT2D eigenvalue weighted by molar-refractivity contribution is 0.0743. The van der Waals surface area contributed by atoms with Gasteiger partial charge in [0.2, 0.25) is 0 Å². The summed E-state index contributed by atoms with van der Waals surface area (Å²) in [6, 6.07) is 0.446. The van der Waals surface area contributed by atoms with Crippen molar-refractivity contribution < 1.29 is 4.79 Å². The molecule has 1 fully saturated rings. The number of aryl methyl sites for hydroxylation is 1. The quantitative estimate of drug-likeness (QED) is 0.801. The van der Waals surface area contributed by atoms with Gasteiger partial charge in [-0.25, -0.2) is 0 Å². The summed E-state index contributed by atoms with van der Waals surface area (Å²) in [5.74, 6) is 0.121. The van der Waals surface area contributed by atoms with E-state index >= 15 is 0 Å². The second kappa shape index (κ2) is 8.44.